The van der Waals surface area contributed by atoms with Crippen LogP contribution in [0.2, 0.25) is 0 Å². The molecule has 0 aromatic carbocycles. The molecule has 0 radical (unpaired) electrons. The predicted octanol–water partition coefficient (Wildman–Crippen LogP) is -0.194. The van der Waals surface area contributed by atoms with Gasteiger partial charge in [-0.25, -0.2) is 0 Å². The van der Waals surface area contributed by atoms with Crippen molar-refractivity contribution in [2.75, 3.05) is 32.1 Å². The second-order valence-electron chi connectivity index (χ2n) is 4.31. The van der Waals surface area contributed by atoms with Crippen LogP contribution in [0, 0.1) is 6.92 Å². The van der Waals surface area contributed by atoms with Crippen LogP contribution in [0.3, 0.4) is 0 Å². The summed E-state index contributed by atoms with van der Waals surface area (Å²) in [5.74, 6) is -0.158. The van der Waals surface area contributed by atoms with Crippen molar-refractivity contribution < 1.29 is 14.6 Å². The molecule has 1 amide bonds. The highest BCUT2D eigenvalue weighted by atomic mass is 16.5. The SMILES string of the molecule is Cc1ncc(N)cc1C(=O)N1CCOCC1CO. The van der Waals surface area contributed by atoms with E-state index in [-0.39, 0.29) is 18.6 Å². The number of hydrogen-bond acceptors (Lipinski definition) is 5. The highest BCUT2D eigenvalue weighted by Crippen LogP contribution is 2.16. The fraction of sp³-hybridized carbons (Fsp3) is 0.500. The number of ether oxygens (including phenoxy) is 1. The Balaban J connectivity index is 2.26. The van der Waals surface area contributed by atoms with Gasteiger partial charge in [-0.2, -0.15) is 0 Å². The van der Waals surface area contributed by atoms with E-state index in [1.54, 1.807) is 17.9 Å². The zero-order chi connectivity index (χ0) is 13.1. The molecule has 6 nitrogen and oxygen atoms in total. The molecule has 2 heterocycles. The molecule has 1 aromatic rings. The van der Waals surface area contributed by atoms with Crippen molar-refractivity contribution in [1.82, 2.24) is 9.88 Å². The van der Waals surface area contributed by atoms with Crippen molar-refractivity contribution >= 4 is 11.6 Å². The summed E-state index contributed by atoms with van der Waals surface area (Å²) in [5, 5.41) is 9.27. The Morgan fingerprint density at radius 3 is 3.22 bits per heavy atom. The number of nitrogens with zero attached hydrogens (tertiary/aromatic N) is 2. The molecule has 0 saturated carbocycles. The van der Waals surface area contributed by atoms with E-state index >= 15 is 0 Å². The predicted molar refractivity (Wildman–Crippen MR) is 66.1 cm³/mol. The summed E-state index contributed by atoms with van der Waals surface area (Å²) in [4.78, 5) is 18.1. The van der Waals surface area contributed by atoms with Gasteiger partial charge in [-0.3, -0.25) is 9.78 Å². The van der Waals surface area contributed by atoms with E-state index in [9.17, 15) is 9.90 Å². The van der Waals surface area contributed by atoms with Crippen LogP contribution in [-0.4, -0.2) is 53.3 Å². The Morgan fingerprint density at radius 1 is 1.72 bits per heavy atom. The third kappa shape index (κ3) is 2.44. The number of anilines is 1. The van der Waals surface area contributed by atoms with E-state index < -0.39 is 0 Å². The minimum atomic E-state index is -0.299. The quantitative estimate of drug-likeness (QED) is 0.760. The van der Waals surface area contributed by atoms with Gasteiger partial charge in [0.15, 0.2) is 0 Å². The number of nitrogen functional groups attached to an aromatic ring is 1. The molecule has 1 fully saturated rings. The maximum atomic E-state index is 12.4. The number of carbonyl (C=O) groups is 1. The summed E-state index contributed by atoms with van der Waals surface area (Å²) < 4.78 is 5.25. The largest absolute Gasteiger partial charge is 0.397 e. The van der Waals surface area contributed by atoms with Crippen LogP contribution in [0.25, 0.3) is 0 Å². The highest BCUT2D eigenvalue weighted by molar-refractivity contribution is 5.96. The molecule has 2 rings (SSSR count). The standard InChI is InChI=1S/C12H17N3O3/c1-8-11(4-9(13)5-14-8)12(17)15-2-3-18-7-10(15)6-16/h4-5,10,16H,2-3,6-7,13H2,1H3. The minimum absolute atomic E-state index is 0.111. The fourth-order valence-corrected chi connectivity index (χ4v) is 1.99. The third-order valence-electron chi connectivity index (χ3n) is 3.04. The minimum Gasteiger partial charge on any atom is -0.397 e. The Kier molecular flexibility index (Phi) is 3.78. The summed E-state index contributed by atoms with van der Waals surface area (Å²) >= 11 is 0. The first kappa shape index (κ1) is 12.8. The number of aliphatic hydroxyl groups excluding tert-OH is 1. The first-order valence-corrected chi connectivity index (χ1v) is 5.85. The second kappa shape index (κ2) is 5.32. The normalized spacial score (nSPS) is 19.9. The van der Waals surface area contributed by atoms with E-state index in [0.717, 1.165) is 0 Å². The summed E-state index contributed by atoms with van der Waals surface area (Å²) in [6.07, 6.45) is 1.52. The lowest BCUT2D eigenvalue weighted by atomic mass is 10.1. The number of hydrogen-bond donors (Lipinski definition) is 2. The van der Waals surface area contributed by atoms with Crippen LogP contribution in [0.5, 0.6) is 0 Å². The number of amides is 1. The molecule has 1 aromatic heterocycles. The Morgan fingerprint density at radius 2 is 2.50 bits per heavy atom. The van der Waals surface area contributed by atoms with Gasteiger partial charge in [0.2, 0.25) is 0 Å². The van der Waals surface area contributed by atoms with E-state index in [0.29, 0.717) is 36.7 Å². The van der Waals surface area contributed by atoms with Crippen LogP contribution in [0.15, 0.2) is 12.3 Å². The van der Waals surface area contributed by atoms with Crippen LogP contribution < -0.4 is 5.73 Å². The third-order valence-corrected chi connectivity index (χ3v) is 3.04. The Hall–Kier alpha value is -1.66. The summed E-state index contributed by atoms with van der Waals surface area (Å²) in [6, 6.07) is 1.32. The van der Waals surface area contributed by atoms with Crippen molar-refractivity contribution in [1.29, 1.82) is 0 Å². The maximum Gasteiger partial charge on any atom is 0.256 e. The van der Waals surface area contributed by atoms with Gasteiger partial charge >= 0.3 is 0 Å². The van der Waals surface area contributed by atoms with Crippen LogP contribution >= 0.6 is 0 Å². The van der Waals surface area contributed by atoms with E-state index in [1.165, 1.54) is 6.20 Å². The van der Waals surface area contributed by atoms with Gasteiger partial charge < -0.3 is 20.5 Å². The van der Waals surface area contributed by atoms with E-state index in [1.807, 2.05) is 0 Å². The summed E-state index contributed by atoms with van der Waals surface area (Å²) in [7, 11) is 0. The number of aliphatic hydroxyl groups is 1. The molecule has 1 aliphatic heterocycles. The molecule has 1 atom stereocenters. The zero-order valence-electron chi connectivity index (χ0n) is 10.3. The smallest absolute Gasteiger partial charge is 0.256 e. The molecule has 1 unspecified atom stereocenters. The van der Waals surface area contributed by atoms with Gasteiger partial charge in [0.25, 0.3) is 5.91 Å². The van der Waals surface area contributed by atoms with Crippen molar-refractivity contribution in [3.63, 3.8) is 0 Å². The number of carbonyl (C=O) groups excluding carboxylic acids is 1. The average Bonchev–Trinajstić information content (AvgIpc) is 2.40. The Bertz CT molecular complexity index is 450. The number of pyridine rings is 1. The van der Waals surface area contributed by atoms with Gasteiger partial charge in [0.05, 0.1) is 49.0 Å². The van der Waals surface area contributed by atoms with E-state index in [2.05, 4.69) is 4.98 Å². The average molecular weight is 251 g/mol. The molecule has 1 aliphatic rings. The lowest BCUT2D eigenvalue weighted by molar-refractivity contribution is -0.0184. The summed E-state index contributed by atoms with van der Waals surface area (Å²) in [6.45, 7) is 2.97. The number of rotatable bonds is 2. The topological polar surface area (TPSA) is 88.7 Å². The molecule has 6 heteroatoms. The summed E-state index contributed by atoms with van der Waals surface area (Å²) in [5.41, 5.74) is 7.23. The van der Waals surface area contributed by atoms with Crippen molar-refractivity contribution in [2.45, 2.75) is 13.0 Å². The van der Waals surface area contributed by atoms with Gasteiger partial charge in [-0.1, -0.05) is 0 Å². The van der Waals surface area contributed by atoms with Gasteiger partial charge in [-0.15, -0.1) is 0 Å². The lowest BCUT2D eigenvalue weighted by Gasteiger charge is -2.34. The molecule has 0 spiro atoms. The first-order chi connectivity index (χ1) is 8.63. The van der Waals surface area contributed by atoms with Crippen LogP contribution in [0.4, 0.5) is 5.69 Å². The number of nitrogens with two attached hydrogens (primary N) is 1. The number of aromatic nitrogens is 1. The molecule has 0 bridgehead atoms. The Labute approximate surface area is 105 Å². The molecule has 3 N–H and O–H groups in total. The van der Waals surface area contributed by atoms with Crippen molar-refractivity contribution in [3.8, 4) is 0 Å². The highest BCUT2D eigenvalue weighted by Gasteiger charge is 2.28. The van der Waals surface area contributed by atoms with Crippen molar-refractivity contribution in [2.24, 2.45) is 0 Å². The van der Waals surface area contributed by atoms with Gasteiger partial charge in [0, 0.05) is 6.54 Å². The van der Waals surface area contributed by atoms with Crippen molar-refractivity contribution in [3.05, 3.63) is 23.5 Å². The molecule has 18 heavy (non-hydrogen) atoms. The molecule has 0 aliphatic carbocycles. The number of morpholine rings is 1. The molecular weight excluding hydrogens is 234 g/mol. The monoisotopic (exact) mass is 251 g/mol. The molecule has 98 valence electrons. The van der Waals surface area contributed by atoms with Gasteiger partial charge in [0.1, 0.15) is 0 Å². The number of aryl methyl sites for hydroxylation is 1. The van der Waals surface area contributed by atoms with Crippen LogP contribution in [-0.2, 0) is 4.74 Å². The fourth-order valence-electron chi connectivity index (χ4n) is 1.99. The molecular formula is C12H17N3O3. The molecule has 1 saturated heterocycles. The maximum absolute atomic E-state index is 12.4. The second-order valence-corrected chi connectivity index (χ2v) is 4.31. The van der Waals surface area contributed by atoms with Gasteiger partial charge in [-0.05, 0) is 13.0 Å². The van der Waals surface area contributed by atoms with Crippen LogP contribution in [0.1, 0.15) is 16.1 Å². The van der Waals surface area contributed by atoms with E-state index in [4.69, 9.17) is 10.5 Å². The lowest BCUT2D eigenvalue weighted by Crippen LogP contribution is -2.50. The first-order valence-electron chi connectivity index (χ1n) is 5.85. The zero-order valence-corrected chi connectivity index (χ0v) is 10.3.